The van der Waals surface area contributed by atoms with Gasteiger partial charge in [-0.15, -0.1) is 0 Å². The molecule has 5 heteroatoms. The molecule has 0 aromatic rings. The van der Waals surface area contributed by atoms with Crippen LogP contribution in [0.15, 0.2) is 0 Å². The molecule has 0 amide bonds. The van der Waals surface area contributed by atoms with Gasteiger partial charge in [-0.2, -0.15) is 0 Å². The van der Waals surface area contributed by atoms with E-state index >= 15 is 0 Å². The van der Waals surface area contributed by atoms with Crippen LogP contribution in [-0.4, -0.2) is 30.1 Å². The van der Waals surface area contributed by atoms with Gasteiger partial charge in [0, 0.05) is 0 Å². The van der Waals surface area contributed by atoms with E-state index in [0.29, 0.717) is 21.7 Å². The molecule has 8 bridgehead atoms. The van der Waals surface area contributed by atoms with Crippen molar-refractivity contribution >= 4 is 27.5 Å². The Morgan fingerprint density at radius 3 is 1.41 bits per heavy atom. The summed E-state index contributed by atoms with van der Waals surface area (Å²) in [5.74, 6) is 8.19. The van der Waals surface area contributed by atoms with E-state index in [1.54, 1.807) is 38.0 Å². The van der Waals surface area contributed by atoms with Crippen molar-refractivity contribution in [3.63, 3.8) is 0 Å². The van der Waals surface area contributed by atoms with Gasteiger partial charge in [0.2, 0.25) is 0 Å². The van der Waals surface area contributed by atoms with E-state index in [-0.39, 0.29) is 8.07 Å². The number of halogens is 2. The van der Waals surface area contributed by atoms with Gasteiger partial charge in [0.05, 0.1) is 0 Å². The number of hydrogen-bond donors (Lipinski definition) is 0. The third-order valence-corrected chi connectivity index (χ3v) is 17.7. The molecule has 6 aliphatic rings. The van der Waals surface area contributed by atoms with Gasteiger partial charge < -0.3 is 0 Å². The summed E-state index contributed by atoms with van der Waals surface area (Å²) in [6.07, 6.45) is 18.4. The van der Waals surface area contributed by atoms with Crippen LogP contribution in [0.1, 0.15) is 120 Å². The van der Waals surface area contributed by atoms with E-state index in [0.717, 1.165) is 47.3 Å². The molecule has 0 spiro atoms. The molecule has 6 saturated carbocycles. The Morgan fingerprint density at radius 2 is 1.05 bits per heavy atom. The first-order valence-corrected chi connectivity index (χ1v) is 26.5. The van der Waals surface area contributed by atoms with Crippen LogP contribution in [0, 0.1) is 69.0 Å². The zero-order chi connectivity index (χ0) is 28.4. The number of rotatable bonds is 7. The van der Waals surface area contributed by atoms with Crippen LogP contribution in [-0.2, 0) is 15.1 Å². The van der Waals surface area contributed by atoms with Gasteiger partial charge in [0.1, 0.15) is 0 Å². The Balaban J connectivity index is 0.000000983. The van der Waals surface area contributed by atoms with E-state index in [4.69, 9.17) is 19.4 Å². The van der Waals surface area contributed by atoms with E-state index in [2.05, 4.69) is 60.1 Å². The van der Waals surface area contributed by atoms with Crippen LogP contribution in [0.3, 0.4) is 0 Å². The van der Waals surface area contributed by atoms with Crippen molar-refractivity contribution in [3.8, 4) is 0 Å². The van der Waals surface area contributed by atoms with E-state index < -0.39 is 15.1 Å². The summed E-state index contributed by atoms with van der Waals surface area (Å²) in [5.41, 5.74) is 2.44. The molecule has 0 heterocycles. The Hall–Kier alpha value is 1.59. The fourth-order valence-electron chi connectivity index (χ4n) is 13.2. The number of nitrogens with zero attached hydrogens (tertiary/aromatic N) is 1. The standard InChI is InChI=1S/C34H60NP.2ClH.Zn/c1-9-35(10-2)36(21-27-23-13-15-25-29(23)31(3,4)17-11-19-33(25,27)7)22-28-24-14-16-26-30(24)32(5,6)18-12-20-34(26,28)8;;;/h23-30H,9-22H2,1-8H3;2*1H;/q;;;+2/p-2/t23-,24-,25-,26-,27-,28-,29-,30-,33+,34+;;;/m1.../s1. The predicted octanol–water partition coefficient (Wildman–Crippen LogP) is 11.1. The molecule has 1 nitrogen and oxygen atoms in total. The van der Waals surface area contributed by atoms with Crippen molar-refractivity contribution in [1.29, 1.82) is 0 Å². The molecule has 6 aliphatic carbocycles. The molecule has 6 fully saturated rings. The molecule has 0 unspecified atom stereocenters. The van der Waals surface area contributed by atoms with E-state index in [1.165, 1.54) is 51.6 Å². The third-order valence-electron chi connectivity index (χ3n) is 14.7. The summed E-state index contributed by atoms with van der Waals surface area (Å²) in [6, 6.07) is 0. The summed E-state index contributed by atoms with van der Waals surface area (Å²) in [4.78, 5) is 0. The molecule has 10 atom stereocenters. The first-order chi connectivity index (χ1) is 18.4. The molecule has 0 radical (unpaired) electrons. The van der Waals surface area contributed by atoms with Crippen molar-refractivity contribution in [3.05, 3.63) is 0 Å². The Morgan fingerprint density at radius 1 is 0.667 bits per heavy atom. The monoisotopic (exact) mass is 647 g/mol. The molecule has 6 rings (SSSR count). The van der Waals surface area contributed by atoms with Crippen molar-refractivity contribution in [2.24, 2.45) is 69.0 Å². The van der Waals surface area contributed by atoms with Crippen LogP contribution in [0.25, 0.3) is 0 Å². The van der Waals surface area contributed by atoms with Gasteiger partial charge >= 0.3 is 34.5 Å². The van der Waals surface area contributed by atoms with Crippen molar-refractivity contribution in [2.45, 2.75) is 120 Å². The zero-order valence-corrected chi connectivity index (χ0v) is 32.2. The second-order valence-electron chi connectivity index (χ2n) is 16.8. The molecule has 0 saturated heterocycles. The second kappa shape index (κ2) is 11.8. The summed E-state index contributed by atoms with van der Waals surface area (Å²) in [7, 11) is 9.88. The van der Waals surface area contributed by atoms with Crippen LogP contribution in [0.2, 0.25) is 0 Å². The van der Waals surface area contributed by atoms with Gasteiger partial charge in [-0.05, 0) is 154 Å². The number of hydrogen-bond acceptors (Lipinski definition) is 1. The van der Waals surface area contributed by atoms with Crippen LogP contribution in [0.4, 0.5) is 0 Å². The van der Waals surface area contributed by atoms with Gasteiger partial charge in [-0.25, -0.2) is 0 Å². The van der Waals surface area contributed by atoms with Crippen LogP contribution < -0.4 is 0 Å². The Bertz CT molecular complexity index is 800. The van der Waals surface area contributed by atoms with E-state index in [9.17, 15) is 0 Å². The molecule has 39 heavy (non-hydrogen) atoms. The Kier molecular flexibility index (Phi) is 9.71. The normalized spacial score (nSPS) is 46.6. The van der Waals surface area contributed by atoms with Gasteiger partial charge in [0.25, 0.3) is 0 Å². The van der Waals surface area contributed by atoms with E-state index in [1.807, 2.05) is 0 Å². The zero-order valence-electron chi connectivity index (χ0n) is 26.9. The molecular weight excluding hydrogens is 590 g/mol. The molecule has 222 valence electrons. The average molecular weight is 650 g/mol. The minimum atomic E-state index is -0.931. The van der Waals surface area contributed by atoms with Crippen molar-refractivity contribution in [1.82, 2.24) is 4.67 Å². The molecule has 0 aliphatic heterocycles. The van der Waals surface area contributed by atoms with Crippen LogP contribution >= 0.6 is 27.5 Å². The van der Waals surface area contributed by atoms with Crippen LogP contribution in [0.5, 0.6) is 0 Å². The summed E-state index contributed by atoms with van der Waals surface area (Å²) in [6.45, 7) is 23.7. The topological polar surface area (TPSA) is 3.24 Å². The first kappa shape index (κ1) is 32.0. The van der Waals surface area contributed by atoms with Gasteiger partial charge in [-0.1, -0.05) is 68.2 Å². The summed E-state index contributed by atoms with van der Waals surface area (Å²) in [5, 5.41) is 0. The quantitative estimate of drug-likeness (QED) is 0.196. The minimum absolute atomic E-state index is 0.0265. The summed E-state index contributed by atoms with van der Waals surface area (Å²) >= 11 is -0.931. The fraction of sp³-hybridized carbons (Fsp3) is 1.00. The molecule has 0 aromatic carbocycles. The second-order valence-corrected chi connectivity index (χ2v) is 23.7. The fourth-order valence-corrected chi connectivity index (χ4v) is 16.9. The van der Waals surface area contributed by atoms with Crippen molar-refractivity contribution in [2.75, 3.05) is 25.4 Å². The maximum absolute atomic E-state index is 4.95. The van der Waals surface area contributed by atoms with Gasteiger partial charge in [0.15, 0.2) is 0 Å². The molecule has 0 aromatic heterocycles. The average Bonchev–Trinajstić information content (AvgIpc) is 3.57. The van der Waals surface area contributed by atoms with Gasteiger partial charge in [-0.3, -0.25) is 4.67 Å². The third kappa shape index (κ3) is 5.21. The molecule has 0 N–H and O–H groups in total. The maximum atomic E-state index is 4.95. The summed E-state index contributed by atoms with van der Waals surface area (Å²) < 4.78 is 3.01. The van der Waals surface area contributed by atoms with Crippen molar-refractivity contribution < 1.29 is 15.1 Å². The predicted molar refractivity (Wildman–Crippen MR) is 169 cm³/mol. The molecular formula is C34H60Cl2NPZn. The Labute approximate surface area is 259 Å². The first-order valence-electron chi connectivity index (χ1n) is 17.0. The SMILES string of the molecule is CCN(CC)P(C[C@@H]1[C@H]2CC[C@@H]3[C@@H]2C(C)(C)CCC[C@]13C)C[C@@H]1[C@H]2CC[C@@H]3[C@@H]2C(C)(C)CCC[C@]13C.[Cl][Zn][Cl].